The van der Waals surface area contributed by atoms with Gasteiger partial charge in [0.25, 0.3) is 0 Å². The van der Waals surface area contributed by atoms with Crippen LogP contribution >= 0.6 is 17.1 Å². The molecule has 19 heavy (non-hydrogen) atoms. The molecular weight excluding hydrogens is 295 g/mol. The fourth-order valence-electron chi connectivity index (χ4n) is 1.45. The van der Waals surface area contributed by atoms with E-state index in [2.05, 4.69) is 6.92 Å². The van der Waals surface area contributed by atoms with E-state index in [0.29, 0.717) is 0 Å². The molecule has 0 aliphatic carbocycles. The van der Waals surface area contributed by atoms with Crippen LogP contribution in [0.4, 0.5) is 0 Å². The van der Waals surface area contributed by atoms with E-state index < -0.39 is 5.69 Å². The first-order chi connectivity index (χ1) is 8.47. The van der Waals surface area contributed by atoms with Crippen LogP contribution in [0.15, 0.2) is 0 Å². The van der Waals surface area contributed by atoms with Gasteiger partial charge in [-0.3, -0.25) is 0 Å². The van der Waals surface area contributed by atoms with Crippen LogP contribution in [0.1, 0.15) is 74.1 Å². The van der Waals surface area contributed by atoms with Crippen molar-refractivity contribution in [2.75, 3.05) is 5.75 Å². The second-order valence-electron chi connectivity index (χ2n) is 6.75. The summed E-state index contributed by atoms with van der Waals surface area (Å²) in [5.74, 6) is 1.03. The maximum absolute atomic E-state index is 6.07. The lowest BCUT2D eigenvalue weighted by Gasteiger charge is -2.34. The van der Waals surface area contributed by atoms with E-state index in [1.54, 1.807) is 11.4 Å². The van der Waals surface area contributed by atoms with Gasteiger partial charge in [0.2, 0.25) is 5.69 Å². The molecule has 0 heterocycles. The fourth-order valence-corrected chi connectivity index (χ4v) is 8.22. The lowest BCUT2D eigenvalue weighted by atomic mass is 10.2. The van der Waals surface area contributed by atoms with E-state index in [4.69, 9.17) is 20.9 Å². The minimum Gasteiger partial charge on any atom is -0.316 e. The van der Waals surface area contributed by atoms with Crippen LogP contribution in [0, 0.1) is 0 Å². The number of hydrogen-bond acceptors (Lipinski definition) is 4. The van der Waals surface area contributed by atoms with Gasteiger partial charge in [-0.25, -0.2) is 0 Å². The number of rotatable bonds is 8. The highest BCUT2D eigenvalue weighted by Crippen LogP contribution is 2.65. The monoisotopic (exact) mass is 326 g/mol. The standard InChI is InChI=1S/C14H31O2PS2/c1-8-9-10-11-12-19-17(18,15-13(2,3)4)16-14(5,6)7/h8-12H2,1-7H3. The van der Waals surface area contributed by atoms with Gasteiger partial charge in [-0.05, 0) is 59.8 Å². The molecule has 0 fully saturated rings. The summed E-state index contributed by atoms with van der Waals surface area (Å²) in [6, 6.07) is 0. The second kappa shape index (κ2) is 8.38. The molecule has 0 aliphatic rings. The van der Waals surface area contributed by atoms with Gasteiger partial charge < -0.3 is 9.05 Å². The molecule has 0 aliphatic heterocycles. The Morgan fingerprint density at radius 1 is 0.895 bits per heavy atom. The van der Waals surface area contributed by atoms with Gasteiger partial charge in [-0.15, -0.1) is 0 Å². The molecule has 0 aromatic carbocycles. The van der Waals surface area contributed by atoms with Crippen LogP contribution in [0.5, 0.6) is 0 Å². The van der Waals surface area contributed by atoms with Crippen molar-refractivity contribution in [3.8, 4) is 0 Å². The molecule has 0 unspecified atom stereocenters. The smallest absolute Gasteiger partial charge is 0.248 e. The lowest BCUT2D eigenvalue weighted by molar-refractivity contribution is 0.0795. The zero-order valence-corrected chi connectivity index (χ0v) is 16.1. The maximum Gasteiger partial charge on any atom is 0.248 e. The first kappa shape index (κ1) is 19.9. The molecule has 0 spiro atoms. The highest BCUT2D eigenvalue weighted by atomic mass is 32.9. The zero-order chi connectivity index (χ0) is 15.2. The highest BCUT2D eigenvalue weighted by molar-refractivity contribution is 8.67. The minimum absolute atomic E-state index is 0.253. The van der Waals surface area contributed by atoms with Crippen molar-refractivity contribution in [2.45, 2.75) is 85.4 Å². The summed E-state index contributed by atoms with van der Waals surface area (Å²) in [7, 11) is 0. The predicted octanol–water partition coefficient (Wildman–Crippen LogP) is 6.15. The highest BCUT2D eigenvalue weighted by Gasteiger charge is 2.31. The predicted molar refractivity (Wildman–Crippen MR) is 92.6 cm³/mol. The molecule has 0 radical (unpaired) electrons. The van der Waals surface area contributed by atoms with Gasteiger partial charge in [0.15, 0.2) is 0 Å². The molecule has 0 amide bonds. The third-order valence-corrected chi connectivity index (χ3v) is 7.69. The quantitative estimate of drug-likeness (QED) is 0.393. The minimum atomic E-state index is -2.26. The Bertz CT molecular complexity index is 273. The van der Waals surface area contributed by atoms with Crippen molar-refractivity contribution in [3.05, 3.63) is 0 Å². The van der Waals surface area contributed by atoms with E-state index in [1.165, 1.54) is 25.7 Å². The zero-order valence-electron chi connectivity index (χ0n) is 13.6. The molecule has 0 N–H and O–H groups in total. The molecule has 0 aromatic heterocycles. The fraction of sp³-hybridized carbons (Fsp3) is 1.00. The molecule has 0 aromatic rings. The molecule has 0 saturated carbocycles. The average molecular weight is 327 g/mol. The van der Waals surface area contributed by atoms with Crippen molar-refractivity contribution < 1.29 is 9.05 Å². The van der Waals surface area contributed by atoms with Crippen molar-refractivity contribution in [1.29, 1.82) is 0 Å². The number of hydrogen-bond donors (Lipinski definition) is 0. The Morgan fingerprint density at radius 3 is 1.74 bits per heavy atom. The summed E-state index contributed by atoms with van der Waals surface area (Å²) >= 11 is 7.42. The van der Waals surface area contributed by atoms with E-state index in [-0.39, 0.29) is 11.2 Å². The summed E-state index contributed by atoms with van der Waals surface area (Å²) in [6.07, 6.45) is 5.02. The van der Waals surface area contributed by atoms with Crippen molar-refractivity contribution >= 4 is 28.9 Å². The van der Waals surface area contributed by atoms with Crippen molar-refractivity contribution in [3.63, 3.8) is 0 Å². The Morgan fingerprint density at radius 2 is 1.37 bits per heavy atom. The Hall–Kier alpha value is 0.920. The van der Waals surface area contributed by atoms with Crippen LogP contribution in [0.2, 0.25) is 0 Å². The largest absolute Gasteiger partial charge is 0.316 e. The van der Waals surface area contributed by atoms with E-state index in [1.807, 2.05) is 41.5 Å². The SMILES string of the molecule is CCCCCCSP(=S)(OC(C)(C)C)OC(C)(C)C. The third-order valence-electron chi connectivity index (χ3n) is 2.02. The third kappa shape index (κ3) is 12.4. The van der Waals surface area contributed by atoms with Crippen molar-refractivity contribution in [1.82, 2.24) is 0 Å². The van der Waals surface area contributed by atoms with Gasteiger partial charge in [-0.2, -0.15) is 0 Å². The summed E-state index contributed by atoms with van der Waals surface area (Å²) in [4.78, 5) is 0. The Balaban J connectivity index is 4.46. The van der Waals surface area contributed by atoms with E-state index >= 15 is 0 Å². The molecule has 5 heteroatoms. The van der Waals surface area contributed by atoms with Crippen LogP contribution in [0.25, 0.3) is 0 Å². The van der Waals surface area contributed by atoms with Crippen molar-refractivity contribution in [2.24, 2.45) is 0 Å². The number of unbranched alkanes of at least 4 members (excludes halogenated alkanes) is 3. The van der Waals surface area contributed by atoms with Crippen LogP contribution < -0.4 is 0 Å². The summed E-state index contributed by atoms with van der Waals surface area (Å²) in [5, 5.41) is 0. The molecule has 116 valence electrons. The Labute approximate surface area is 129 Å². The molecule has 2 nitrogen and oxygen atoms in total. The molecule has 0 saturated heterocycles. The topological polar surface area (TPSA) is 18.5 Å². The van der Waals surface area contributed by atoms with E-state index in [9.17, 15) is 0 Å². The normalized spacial score (nSPS) is 13.8. The molecule has 0 atom stereocenters. The average Bonchev–Trinajstić information content (AvgIpc) is 2.10. The molecule has 0 rings (SSSR count). The van der Waals surface area contributed by atoms with Crippen LogP contribution in [0.3, 0.4) is 0 Å². The van der Waals surface area contributed by atoms with E-state index in [0.717, 1.165) is 5.75 Å². The second-order valence-corrected chi connectivity index (χ2v) is 13.0. The van der Waals surface area contributed by atoms with Gasteiger partial charge >= 0.3 is 0 Å². The van der Waals surface area contributed by atoms with Gasteiger partial charge in [-0.1, -0.05) is 37.6 Å². The van der Waals surface area contributed by atoms with Crippen LogP contribution in [-0.2, 0) is 20.9 Å². The summed E-state index contributed by atoms with van der Waals surface area (Å²) in [5.41, 5.74) is -2.77. The maximum atomic E-state index is 6.07. The Kier molecular flexibility index (Phi) is 8.79. The summed E-state index contributed by atoms with van der Waals surface area (Å²) < 4.78 is 12.1. The first-order valence-corrected chi connectivity index (χ1v) is 11.4. The van der Waals surface area contributed by atoms with Crippen LogP contribution in [-0.4, -0.2) is 17.0 Å². The van der Waals surface area contributed by atoms with Gasteiger partial charge in [0.05, 0.1) is 11.2 Å². The summed E-state index contributed by atoms with van der Waals surface area (Å²) in [6.45, 7) is 14.5. The van der Waals surface area contributed by atoms with Gasteiger partial charge in [0, 0.05) is 5.75 Å². The molecule has 0 bridgehead atoms. The molecular formula is C14H31O2PS2. The lowest BCUT2D eigenvalue weighted by Crippen LogP contribution is -2.22. The first-order valence-electron chi connectivity index (χ1n) is 7.13. The van der Waals surface area contributed by atoms with Gasteiger partial charge in [0.1, 0.15) is 0 Å².